The van der Waals surface area contributed by atoms with E-state index in [1.54, 1.807) is 43.3 Å². The molecule has 0 aromatic heterocycles. The molecule has 0 radical (unpaired) electrons. The molecule has 10 N–H and O–H groups in total. The topological polar surface area (TPSA) is 247 Å². The third-order valence-electron chi connectivity index (χ3n) is 9.15. The number of ether oxygens (including phenoxy) is 1. The number of rotatable bonds is 22. The first kappa shape index (κ1) is 45.0. The van der Waals surface area contributed by atoms with Gasteiger partial charge in [0, 0.05) is 10.6 Å². The summed E-state index contributed by atoms with van der Waals surface area (Å²) in [7, 11) is 0. The molecule has 8 atom stereocenters. The van der Waals surface area contributed by atoms with Gasteiger partial charge in [-0.25, -0.2) is 0 Å². The van der Waals surface area contributed by atoms with Crippen LogP contribution in [0.4, 0.5) is 0 Å². The number of epoxide rings is 1. The minimum Gasteiger partial charge on any atom is -0.391 e. The number of unbranched alkanes of at least 4 members (excludes halogenated alkanes) is 1. The van der Waals surface area contributed by atoms with Crippen molar-refractivity contribution in [2.75, 3.05) is 13.1 Å². The molecule has 15 nitrogen and oxygen atoms in total. The number of aliphatic hydroxyl groups is 1. The van der Waals surface area contributed by atoms with Crippen LogP contribution in [0.3, 0.4) is 0 Å². The van der Waals surface area contributed by atoms with Crippen molar-refractivity contribution in [3.05, 3.63) is 59.1 Å². The molecule has 5 amide bonds. The van der Waals surface area contributed by atoms with Crippen molar-refractivity contribution in [3.63, 3.8) is 0 Å². The fourth-order valence-electron chi connectivity index (χ4n) is 5.89. The van der Waals surface area contributed by atoms with Crippen molar-refractivity contribution in [2.45, 2.75) is 115 Å². The fourth-order valence-corrected chi connectivity index (χ4v) is 6.01. The van der Waals surface area contributed by atoms with Crippen LogP contribution in [0.25, 0.3) is 11.1 Å². The summed E-state index contributed by atoms with van der Waals surface area (Å²) in [6.07, 6.45) is -0.0978. The summed E-state index contributed by atoms with van der Waals surface area (Å²) in [6, 6.07) is 8.16. The molecule has 1 fully saturated rings. The number of hydrogen-bond donors (Lipinski definition) is 8. The van der Waals surface area contributed by atoms with Gasteiger partial charge in [-0.15, -0.1) is 0 Å². The van der Waals surface area contributed by atoms with Gasteiger partial charge in [0.2, 0.25) is 23.6 Å². The zero-order valence-corrected chi connectivity index (χ0v) is 32.9. The van der Waals surface area contributed by atoms with Gasteiger partial charge in [-0.3, -0.25) is 28.8 Å². The first-order valence-electron chi connectivity index (χ1n) is 18.7. The van der Waals surface area contributed by atoms with E-state index < -0.39 is 72.0 Å². The second kappa shape index (κ2) is 21.6. The molecule has 1 saturated heterocycles. The van der Waals surface area contributed by atoms with Gasteiger partial charge >= 0.3 is 0 Å². The van der Waals surface area contributed by atoms with E-state index in [9.17, 15) is 33.9 Å². The number of carbonyl (C=O) groups excluding carboxylic acids is 6. The van der Waals surface area contributed by atoms with Crippen molar-refractivity contribution >= 4 is 46.9 Å². The monoisotopic (exact) mass is 785 g/mol. The Morgan fingerprint density at radius 1 is 0.691 bits per heavy atom. The maximum atomic E-state index is 13.4. The van der Waals surface area contributed by atoms with Crippen LogP contribution in [-0.2, 0) is 28.7 Å². The molecule has 0 saturated carbocycles. The summed E-state index contributed by atoms with van der Waals surface area (Å²) < 4.78 is 5.51. The van der Waals surface area contributed by atoms with Crippen molar-refractivity contribution in [1.82, 2.24) is 26.6 Å². The highest BCUT2D eigenvalue weighted by atomic mass is 35.5. The Hall–Kier alpha value is -4.41. The van der Waals surface area contributed by atoms with Crippen LogP contribution in [0.1, 0.15) is 77.1 Å². The number of benzene rings is 2. The lowest BCUT2D eigenvalue weighted by molar-refractivity contribution is -0.135. The van der Waals surface area contributed by atoms with Crippen LogP contribution in [-0.4, -0.2) is 102 Å². The van der Waals surface area contributed by atoms with Crippen LogP contribution in [0.2, 0.25) is 5.02 Å². The lowest BCUT2D eigenvalue weighted by atomic mass is 10.0. The van der Waals surface area contributed by atoms with E-state index in [4.69, 9.17) is 27.8 Å². The molecular formula is C39H56ClN7O8. The van der Waals surface area contributed by atoms with E-state index in [1.807, 2.05) is 26.0 Å². The van der Waals surface area contributed by atoms with E-state index in [-0.39, 0.29) is 36.8 Å². The molecule has 0 aliphatic carbocycles. The Bertz CT molecular complexity index is 1620. The Morgan fingerprint density at radius 2 is 1.25 bits per heavy atom. The molecule has 0 spiro atoms. The number of halogens is 1. The number of aliphatic hydroxyl groups excluding tert-OH is 1. The average Bonchev–Trinajstić information content (AvgIpc) is 3.90. The Balaban J connectivity index is 1.60. The highest BCUT2D eigenvalue weighted by Crippen LogP contribution is 2.30. The molecule has 302 valence electrons. The molecule has 2 unspecified atom stereocenters. The third-order valence-corrected chi connectivity index (χ3v) is 9.40. The fraction of sp³-hybridized carbons (Fsp3) is 0.538. The highest BCUT2D eigenvalue weighted by Gasteiger charge is 2.46. The smallest absolute Gasteiger partial charge is 0.251 e. The zero-order chi connectivity index (χ0) is 40.8. The van der Waals surface area contributed by atoms with Gasteiger partial charge in [0.1, 0.15) is 30.3 Å². The first-order valence-corrected chi connectivity index (χ1v) is 19.1. The lowest BCUT2D eigenvalue weighted by Crippen LogP contribution is -2.60. The van der Waals surface area contributed by atoms with Crippen LogP contribution >= 0.6 is 11.6 Å². The van der Waals surface area contributed by atoms with E-state index in [0.29, 0.717) is 30.3 Å². The van der Waals surface area contributed by atoms with Crippen LogP contribution < -0.4 is 38.1 Å². The average molecular weight is 786 g/mol. The number of hydrogen-bond acceptors (Lipinski definition) is 10. The highest BCUT2D eigenvalue weighted by molar-refractivity contribution is 6.30. The molecule has 2 aromatic carbocycles. The largest absolute Gasteiger partial charge is 0.391 e. The standard InChI is InChI=1S/C39H56ClN7O8/c1-21(2)20-31-34(55-31)33(49)22(3)43-37(52)29(8-6-7-18-41)45-35(50)23(4)44-39(54)32(24(5)48)47-38(53)30(17-19-42)46-36(51)27-11-9-25(10-12-27)26-13-15-28(40)16-14-26/h9-16,21-24,29-32,34,48H,6-8,17-20,41-42H2,1-5H3,(H,43,52)(H,44,54)(H,45,50)(H,46,51)(H,47,53)/t22-,23-,24+,29-,30-,31?,32-,34?/m0/s1. The SMILES string of the molecule is CC(C)CC1OC1C(=O)[C@H](C)NC(=O)[C@H](CCCCN)NC(=O)[C@H](C)NC(=O)[C@@H](NC(=O)[C@H](CCN)NC(=O)c1ccc(-c2ccc(Cl)cc2)cc1)[C@@H](C)O. The summed E-state index contributed by atoms with van der Waals surface area (Å²) in [4.78, 5) is 79.1. The predicted molar refractivity (Wildman–Crippen MR) is 209 cm³/mol. The number of ketones is 1. The maximum Gasteiger partial charge on any atom is 0.251 e. The Kier molecular flexibility index (Phi) is 17.7. The minimum atomic E-state index is -1.52. The van der Waals surface area contributed by atoms with Crippen LogP contribution in [0, 0.1) is 5.92 Å². The van der Waals surface area contributed by atoms with Crippen LogP contribution in [0.5, 0.6) is 0 Å². The molecule has 1 heterocycles. The second-order valence-electron chi connectivity index (χ2n) is 14.3. The third kappa shape index (κ3) is 14.0. The van der Waals surface area contributed by atoms with E-state index in [1.165, 1.54) is 13.8 Å². The van der Waals surface area contributed by atoms with Crippen molar-refractivity contribution in [1.29, 1.82) is 0 Å². The molecule has 16 heteroatoms. The normalized spacial score (nSPS) is 18.1. The van der Waals surface area contributed by atoms with Crippen molar-refractivity contribution < 1.29 is 38.6 Å². The number of nitrogens with two attached hydrogens (primary N) is 2. The van der Waals surface area contributed by atoms with E-state index in [0.717, 1.165) is 17.5 Å². The number of Topliss-reactive ketones (excluding diaryl/α,β-unsaturated/α-hetero) is 1. The number of carbonyl (C=O) groups is 6. The first-order chi connectivity index (χ1) is 26.1. The summed E-state index contributed by atoms with van der Waals surface area (Å²) in [5.74, 6) is -3.41. The van der Waals surface area contributed by atoms with Crippen molar-refractivity contribution in [2.24, 2.45) is 17.4 Å². The summed E-state index contributed by atoms with van der Waals surface area (Å²) in [5, 5.41) is 23.9. The molecule has 1 aliphatic rings. The summed E-state index contributed by atoms with van der Waals surface area (Å²) in [5.41, 5.74) is 13.4. The van der Waals surface area contributed by atoms with Gasteiger partial charge in [-0.05, 0) is 107 Å². The summed E-state index contributed by atoms with van der Waals surface area (Å²) in [6.45, 7) is 8.68. The van der Waals surface area contributed by atoms with Crippen LogP contribution in [0.15, 0.2) is 48.5 Å². The van der Waals surface area contributed by atoms with Gasteiger partial charge < -0.3 is 47.9 Å². The van der Waals surface area contributed by atoms with Crippen molar-refractivity contribution in [3.8, 4) is 11.1 Å². The molecule has 55 heavy (non-hydrogen) atoms. The summed E-state index contributed by atoms with van der Waals surface area (Å²) >= 11 is 5.98. The molecular weight excluding hydrogens is 730 g/mol. The zero-order valence-electron chi connectivity index (χ0n) is 32.1. The quantitative estimate of drug-likeness (QED) is 0.0629. The Morgan fingerprint density at radius 3 is 1.82 bits per heavy atom. The van der Waals surface area contributed by atoms with E-state index >= 15 is 0 Å². The second-order valence-corrected chi connectivity index (χ2v) is 14.8. The number of amides is 5. The van der Waals surface area contributed by atoms with Gasteiger partial charge in [0.05, 0.1) is 18.2 Å². The predicted octanol–water partition coefficient (Wildman–Crippen LogP) is 1.33. The minimum absolute atomic E-state index is 0.0244. The molecule has 2 aromatic rings. The molecule has 3 rings (SSSR count). The van der Waals surface area contributed by atoms with Gasteiger partial charge in [0.15, 0.2) is 5.78 Å². The number of nitrogens with one attached hydrogen (secondary N) is 5. The maximum absolute atomic E-state index is 13.4. The van der Waals surface area contributed by atoms with E-state index in [2.05, 4.69) is 26.6 Å². The van der Waals surface area contributed by atoms with Gasteiger partial charge in [0.25, 0.3) is 5.91 Å². The molecule has 0 bridgehead atoms. The van der Waals surface area contributed by atoms with Gasteiger partial charge in [-0.2, -0.15) is 0 Å². The Labute approximate surface area is 327 Å². The van der Waals surface area contributed by atoms with Gasteiger partial charge in [-0.1, -0.05) is 49.7 Å². The lowest BCUT2D eigenvalue weighted by Gasteiger charge is -2.26. The molecule has 1 aliphatic heterocycles.